The molecule has 1 aliphatic carbocycles. The van der Waals surface area contributed by atoms with Crippen molar-refractivity contribution in [2.75, 3.05) is 0 Å². The van der Waals surface area contributed by atoms with E-state index >= 15 is 0 Å². The number of amides is 1. The summed E-state index contributed by atoms with van der Waals surface area (Å²) >= 11 is 5.98. The molecule has 0 heterocycles. The van der Waals surface area contributed by atoms with Crippen molar-refractivity contribution in [3.63, 3.8) is 0 Å². The number of benzene rings is 1. The lowest BCUT2D eigenvalue weighted by Gasteiger charge is -2.18. The van der Waals surface area contributed by atoms with Gasteiger partial charge in [-0.1, -0.05) is 23.7 Å². The van der Waals surface area contributed by atoms with Crippen LogP contribution in [0, 0.1) is 5.92 Å². The molecule has 2 rings (SSSR count). The van der Waals surface area contributed by atoms with Crippen LogP contribution in [0.3, 0.4) is 0 Å². The van der Waals surface area contributed by atoms with E-state index in [-0.39, 0.29) is 11.9 Å². The van der Waals surface area contributed by atoms with Gasteiger partial charge in [0.25, 0.3) is 5.91 Å². The summed E-state index contributed by atoms with van der Waals surface area (Å²) in [6.07, 6.45) is 1.88. The predicted molar refractivity (Wildman–Crippen MR) is 71.9 cm³/mol. The molecule has 1 N–H and O–H groups in total. The van der Waals surface area contributed by atoms with Gasteiger partial charge < -0.3 is 10.1 Å². The topological polar surface area (TPSA) is 38.3 Å². The third-order valence-corrected chi connectivity index (χ3v) is 3.52. The lowest BCUT2D eigenvalue weighted by molar-refractivity contribution is -0.128. The molecule has 0 aromatic heterocycles. The zero-order chi connectivity index (χ0) is 13.1. The van der Waals surface area contributed by atoms with Crippen LogP contribution in [0.2, 0.25) is 5.02 Å². The zero-order valence-corrected chi connectivity index (χ0v) is 11.4. The van der Waals surface area contributed by atoms with E-state index in [0.717, 1.165) is 0 Å². The Hall–Kier alpha value is -1.22. The molecule has 1 amide bonds. The number of hydrogen-bond donors (Lipinski definition) is 1. The maximum absolute atomic E-state index is 11.9. The first kappa shape index (κ1) is 13.2. The molecule has 4 heteroatoms. The molecule has 1 fully saturated rings. The lowest BCUT2D eigenvalue weighted by atomic mass is 10.2. The van der Waals surface area contributed by atoms with Crippen molar-refractivity contribution in [1.29, 1.82) is 0 Å². The molecule has 1 aromatic rings. The Kier molecular flexibility index (Phi) is 4.12. The highest BCUT2D eigenvalue weighted by molar-refractivity contribution is 6.32. The number of nitrogens with one attached hydrogen (secondary N) is 1. The van der Waals surface area contributed by atoms with Crippen molar-refractivity contribution < 1.29 is 9.53 Å². The van der Waals surface area contributed by atoms with Crippen molar-refractivity contribution in [2.45, 2.75) is 38.8 Å². The van der Waals surface area contributed by atoms with Gasteiger partial charge in [0.1, 0.15) is 5.75 Å². The monoisotopic (exact) mass is 267 g/mol. The molecular formula is C14H18ClNO2. The van der Waals surface area contributed by atoms with Crippen LogP contribution in [-0.4, -0.2) is 18.1 Å². The van der Waals surface area contributed by atoms with E-state index < -0.39 is 6.10 Å². The van der Waals surface area contributed by atoms with E-state index in [0.29, 0.717) is 16.7 Å². The SMILES string of the molecule is CC(Oc1ccccc1Cl)C(=O)NC(C)C1CC1. The number of carbonyl (C=O) groups excluding carboxylic acids is 1. The molecule has 0 radical (unpaired) electrons. The van der Waals surface area contributed by atoms with Gasteiger partial charge in [-0.2, -0.15) is 0 Å². The molecule has 1 aromatic carbocycles. The molecule has 0 spiro atoms. The molecular weight excluding hydrogens is 250 g/mol. The minimum atomic E-state index is -0.536. The van der Waals surface area contributed by atoms with Gasteiger partial charge in [0.05, 0.1) is 5.02 Å². The van der Waals surface area contributed by atoms with Crippen molar-refractivity contribution in [3.8, 4) is 5.75 Å². The molecule has 98 valence electrons. The first-order valence-electron chi connectivity index (χ1n) is 6.29. The second-order valence-corrected chi connectivity index (χ2v) is 5.23. The standard InChI is InChI=1S/C14H18ClNO2/c1-9(11-7-8-11)16-14(17)10(2)18-13-6-4-3-5-12(13)15/h3-6,9-11H,7-8H2,1-2H3,(H,16,17). The molecule has 2 atom stereocenters. The van der Waals surface area contributed by atoms with Crippen LogP contribution in [0.25, 0.3) is 0 Å². The van der Waals surface area contributed by atoms with Crippen LogP contribution in [0.5, 0.6) is 5.75 Å². The van der Waals surface area contributed by atoms with Gasteiger partial charge >= 0.3 is 0 Å². The third kappa shape index (κ3) is 3.39. The number of carbonyl (C=O) groups is 1. The van der Waals surface area contributed by atoms with Crippen LogP contribution >= 0.6 is 11.6 Å². The number of hydrogen-bond acceptors (Lipinski definition) is 2. The number of para-hydroxylation sites is 1. The van der Waals surface area contributed by atoms with E-state index in [9.17, 15) is 4.79 Å². The summed E-state index contributed by atoms with van der Waals surface area (Å²) in [4.78, 5) is 11.9. The zero-order valence-electron chi connectivity index (χ0n) is 10.7. The molecule has 18 heavy (non-hydrogen) atoms. The normalized spacial score (nSPS) is 17.9. The third-order valence-electron chi connectivity index (χ3n) is 3.21. The van der Waals surface area contributed by atoms with Crippen LogP contribution < -0.4 is 10.1 Å². The summed E-state index contributed by atoms with van der Waals surface area (Å²) in [5.74, 6) is 1.09. The number of ether oxygens (including phenoxy) is 1. The average Bonchev–Trinajstić information content (AvgIpc) is 3.15. The Morgan fingerprint density at radius 1 is 1.39 bits per heavy atom. The van der Waals surface area contributed by atoms with E-state index in [1.807, 2.05) is 19.1 Å². The summed E-state index contributed by atoms with van der Waals surface area (Å²) in [6, 6.07) is 7.40. The van der Waals surface area contributed by atoms with E-state index in [2.05, 4.69) is 5.32 Å². The predicted octanol–water partition coefficient (Wildman–Crippen LogP) is 3.02. The Morgan fingerprint density at radius 2 is 2.06 bits per heavy atom. The van der Waals surface area contributed by atoms with Crippen LogP contribution in [0.15, 0.2) is 24.3 Å². The summed E-state index contributed by atoms with van der Waals surface area (Å²) < 4.78 is 5.56. The van der Waals surface area contributed by atoms with Crippen LogP contribution in [0.1, 0.15) is 26.7 Å². The van der Waals surface area contributed by atoms with Crippen molar-refractivity contribution >= 4 is 17.5 Å². The van der Waals surface area contributed by atoms with Gasteiger partial charge in [-0.25, -0.2) is 0 Å². The van der Waals surface area contributed by atoms with E-state index in [1.165, 1.54) is 12.8 Å². The fraction of sp³-hybridized carbons (Fsp3) is 0.500. The molecule has 3 nitrogen and oxygen atoms in total. The Morgan fingerprint density at radius 3 is 2.67 bits per heavy atom. The fourth-order valence-corrected chi connectivity index (χ4v) is 2.02. The van der Waals surface area contributed by atoms with E-state index in [4.69, 9.17) is 16.3 Å². The second kappa shape index (κ2) is 5.61. The van der Waals surface area contributed by atoms with Gasteiger partial charge in [0.2, 0.25) is 0 Å². The van der Waals surface area contributed by atoms with E-state index in [1.54, 1.807) is 19.1 Å². The molecule has 1 aliphatic rings. The van der Waals surface area contributed by atoms with Crippen molar-refractivity contribution in [3.05, 3.63) is 29.3 Å². The number of rotatable bonds is 5. The first-order valence-corrected chi connectivity index (χ1v) is 6.67. The van der Waals surface area contributed by atoms with Gasteiger partial charge in [-0.15, -0.1) is 0 Å². The van der Waals surface area contributed by atoms with Crippen molar-refractivity contribution in [1.82, 2.24) is 5.32 Å². The van der Waals surface area contributed by atoms with Crippen molar-refractivity contribution in [2.24, 2.45) is 5.92 Å². The van der Waals surface area contributed by atoms with Crippen LogP contribution in [0.4, 0.5) is 0 Å². The first-order chi connectivity index (χ1) is 8.58. The molecule has 0 bridgehead atoms. The van der Waals surface area contributed by atoms with Gasteiger partial charge in [-0.05, 0) is 44.7 Å². The van der Waals surface area contributed by atoms with Crippen LogP contribution in [-0.2, 0) is 4.79 Å². The largest absolute Gasteiger partial charge is 0.479 e. The van der Waals surface area contributed by atoms with Gasteiger partial charge in [0.15, 0.2) is 6.10 Å². The highest BCUT2D eigenvalue weighted by Crippen LogP contribution is 2.32. The lowest BCUT2D eigenvalue weighted by Crippen LogP contribution is -2.42. The summed E-state index contributed by atoms with van der Waals surface area (Å²) in [6.45, 7) is 3.77. The molecule has 2 unspecified atom stereocenters. The maximum Gasteiger partial charge on any atom is 0.260 e. The van der Waals surface area contributed by atoms with Gasteiger partial charge in [0, 0.05) is 6.04 Å². The number of halogens is 1. The highest BCUT2D eigenvalue weighted by Gasteiger charge is 2.30. The quantitative estimate of drug-likeness (QED) is 0.891. The minimum absolute atomic E-state index is 0.0886. The van der Waals surface area contributed by atoms with Gasteiger partial charge in [-0.3, -0.25) is 4.79 Å². The highest BCUT2D eigenvalue weighted by atomic mass is 35.5. The Balaban J connectivity index is 1.88. The Labute approximate surface area is 112 Å². The maximum atomic E-state index is 11.9. The molecule has 0 saturated heterocycles. The molecule has 1 saturated carbocycles. The minimum Gasteiger partial charge on any atom is -0.479 e. The summed E-state index contributed by atoms with van der Waals surface area (Å²) in [5.41, 5.74) is 0. The molecule has 0 aliphatic heterocycles. The Bertz CT molecular complexity index is 432. The smallest absolute Gasteiger partial charge is 0.260 e. The average molecular weight is 268 g/mol. The summed E-state index contributed by atoms with van der Waals surface area (Å²) in [7, 11) is 0. The summed E-state index contributed by atoms with van der Waals surface area (Å²) in [5, 5.41) is 3.50. The second-order valence-electron chi connectivity index (χ2n) is 4.83. The fourth-order valence-electron chi connectivity index (χ4n) is 1.84.